The van der Waals surface area contributed by atoms with E-state index < -0.39 is 5.41 Å². The minimum atomic E-state index is -0.712. The summed E-state index contributed by atoms with van der Waals surface area (Å²) in [5, 5.41) is 13.6. The summed E-state index contributed by atoms with van der Waals surface area (Å²) < 4.78 is 0. The summed E-state index contributed by atoms with van der Waals surface area (Å²) in [5.74, 6) is -0.188. The van der Waals surface area contributed by atoms with Crippen molar-refractivity contribution in [1.29, 1.82) is 5.41 Å². The summed E-state index contributed by atoms with van der Waals surface area (Å²) >= 11 is 0. The predicted molar refractivity (Wildman–Crippen MR) is 97.1 cm³/mol. The second-order valence-electron chi connectivity index (χ2n) is 6.03. The Balaban J connectivity index is 1.95. The fraction of sp³-hybridized carbons (Fsp3) is 0.211. The van der Waals surface area contributed by atoms with Crippen LogP contribution < -0.4 is 10.6 Å². The van der Waals surface area contributed by atoms with Crippen molar-refractivity contribution in [3.8, 4) is 0 Å². The quantitative estimate of drug-likeness (QED) is 0.583. The molecule has 0 spiro atoms. The molecule has 0 saturated heterocycles. The van der Waals surface area contributed by atoms with Gasteiger partial charge >= 0.3 is 0 Å². The highest BCUT2D eigenvalue weighted by Gasteiger charge is 2.29. The molecule has 0 bridgehead atoms. The molecule has 5 nitrogen and oxygen atoms in total. The molecule has 2 rings (SSSR count). The molecule has 3 N–H and O–H groups in total. The first-order chi connectivity index (χ1) is 11.4. The summed E-state index contributed by atoms with van der Waals surface area (Å²) in [5.41, 5.74) is 2.11. The molecular formula is C19H22N4O. The number of anilines is 1. The van der Waals surface area contributed by atoms with Crippen molar-refractivity contribution in [1.82, 2.24) is 10.3 Å². The third-order valence-corrected chi connectivity index (χ3v) is 3.82. The third kappa shape index (κ3) is 4.29. The minimum absolute atomic E-state index is 0.0308. The van der Waals surface area contributed by atoms with E-state index in [1.54, 1.807) is 18.6 Å². The maximum absolute atomic E-state index is 12.4. The van der Waals surface area contributed by atoms with Gasteiger partial charge in [-0.05, 0) is 44.0 Å². The fourth-order valence-electron chi connectivity index (χ4n) is 2.16. The van der Waals surface area contributed by atoms with E-state index in [1.807, 2.05) is 57.2 Å². The molecule has 1 aromatic carbocycles. The lowest BCUT2D eigenvalue weighted by molar-refractivity contribution is -0.124. The standard InChI is InChI=1S/C19H22N4O/c1-14-13-21-11-9-16(14)22-12-10-17(20)23-18(24)19(2,3)15-7-5-4-6-8-15/h4-13H,1-3H3,(H,21,22)(H2,20,23,24)/b12-10-. The molecule has 0 fully saturated rings. The van der Waals surface area contributed by atoms with E-state index in [0.29, 0.717) is 0 Å². The topological polar surface area (TPSA) is 77.9 Å². The van der Waals surface area contributed by atoms with Crippen LogP contribution >= 0.6 is 0 Å². The number of nitrogens with zero attached hydrogens (tertiary/aromatic N) is 1. The van der Waals surface area contributed by atoms with Crippen LogP contribution in [-0.4, -0.2) is 16.7 Å². The average Bonchev–Trinajstić information content (AvgIpc) is 2.57. The molecule has 1 heterocycles. The van der Waals surface area contributed by atoms with Gasteiger partial charge in [-0.2, -0.15) is 0 Å². The lowest BCUT2D eigenvalue weighted by atomic mass is 9.84. The number of aryl methyl sites for hydroxylation is 1. The molecule has 0 aliphatic carbocycles. The molecule has 5 heteroatoms. The van der Waals surface area contributed by atoms with Gasteiger partial charge in [0.25, 0.3) is 0 Å². The van der Waals surface area contributed by atoms with Crippen LogP contribution in [-0.2, 0) is 10.2 Å². The molecule has 0 saturated carbocycles. The normalized spacial score (nSPS) is 11.3. The van der Waals surface area contributed by atoms with Gasteiger partial charge in [-0.25, -0.2) is 0 Å². The number of pyridine rings is 1. The van der Waals surface area contributed by atoms with Crippen LogP contribution in [0.3, 0.4) is 0 Å². The van der Waals surface area contributed by atoms with Crippen molar-refractivity contribution < 1.29 is 4.79 Å². The second-order valence-corrected chi connectivity index (χ2v) is 6.03. The van der Waals surface area contributed by atoms with Gasteiger partial charge in [0.05, 0.1) is 5.41 Å². The van der Waals surface area contributed by atoms with Crippen LogP contribution in [0.15, 0.2) is 61.1 Å². The summed E-state index contributed by atoms with van der Waals surface area (Å²) in [4.78, 5) is 16.5. The van der Waals surface area contributed by atoms with E-state index in [1.165, 1.54) is 6.08 Å². The Morgan fingerprint density at radius 2 is 1.92 bits per heavy atom. The maximum Gasteiger partial charge on any atom is 0.235 e. The van der Waals surface area contributed by atoms with E-state index in [2.05, 4.69) is 15.6 Å². The number of hydrogen-bond acceptors (Lipinski definition) is 4. The van der Waals surface area contributed by atoms with Crippen molar-refractivity contribution in [3.63, 3.8) is 0 Å². The second kappa shape index (κ2) is 7.55. The van der Waals surface area contributed by atoms with Crippen LogP contribution in [0.5, 0.6) is 0 Å². The highest BCUT2D eigenvalue weighted by Crippen LogP contribution is 2.22. The van der Waals surface area contributed by atoms with Gasteiger partial charge in [0, 0.05) is 24.3 Å². The minimum Gasteiger partial charge on any atom is -0.361 e. The number of aromatic nitrogens is 1. The Morgan fingerprint density at radius 1 is 1.21 bits per heavy atom. The van der Waals surface area contributed by atoms with Gasteiger partial charge in [0.2, 0.25) is 5.91 Å². The van der Waals surface area contributed by atoms with Gasteiger partial charge in [-0.3, -0.25) is 15.2 Å². The first-order valence-electron chi connectivity index (χ1n) is 7.70. The molecule has 124 valence electrons. The van der Waals surface area contributed by atoms with Gasteiger partial charge in [0.1, 0.15) is 5.84 Å². The van der Waals surface area contributed by atoms with Crippen LogP contribution in [0, 0.1) is 12.3 Å². The number of amidine groups is 1. The number of nitrogens with one attached hydrogen (secondary N) is 3. The lowest BCUT2D eigenvalue weighted by Crippen LogP contribution is -2.42. The first kappa shape index (κ1) is 17.4. The molecule has 0 radical (unpaired) electrons. The Bertz CT molecular complexity index is 751. The highest BCUT2D eigenvalue weighted by molar-refractivity contribution is 6.05. The molecule has 0 aliphatic heterocycles. The molecule has 0 unspecified atom stereocenters. The number of hydrogen-bond donors (Lipinski definition) is 3. The Hall–Kier alpha value is -2.95. The zero-order valence-corrected chi connectivity index (χ0v) is 14.1. The molecule has 0 aliphatic rings. The van der Waals surface area contributed by atoms with Crippen molar-refractivity contribution in [2.24, 2.45) is 0 Å². The highest BCUT2D eigenvalue weighted by atomic mass is 16.2. The Kier molecular flexibility index (Phi) is 5.47. The number of amides is 1. The molecule has 1 aromatic heterocycles. The Morgan fingerprint density at radius 3 is 2.58 bits per heavy atom. The monoisotopic (exact) mass is 322 g/mol. The summed E-state index contributed by atoms with van der Waals surface area (Å²) in [6.07, 6.45) is 6.59. The molecule has 2 aromatic rings. The van der Waals surface area contributed by atoms with E-state index in [0.717, 1.165) is 16.8 Å². The van der Waals surface area contributed by atoms with E-state index in [-0.39, 0.29) is 11.7 Å². The number of carbonyl (C=O) groups excluding carboxylic acids is 1. The summed E-state index contributed by atoms with van der Waals surface area (Å²) in [6, 6.07) is 11.4. The van der Waals surface area contributed by atoms with E-state index >= 15 is 0 Å². The number of benzene rings is 1. The molecule has 1 amide bonds. The van der Waals surface area contributed by atoms with Crippen molar-refractivity contribution in [2.75, 3.05) is 5.32 Å². The van der Waals surface area contributed by atoms with Crippen molar-refractivity contribution in [2.45, 2.75) is 26.2 Å². The van der Waals surface area contributed by atoms with E-state index in [9.17, 15) is 4.79 Å². The van der Waals surface area contributed by atoms with Crippen molar-refractivity contribution >= 4 is 17.4 Å². The van der Waals surface area contributed by atoms with Gasteiger partial charge in [0.15, 0.2) is 0 Å². The molecule has 24 heavy (non-hydrogen) atoms. The zero-order chi connectivity index (χ0) is 17.6. The zero-order valence-electron chi connectivity index (χ0n) is 14.1. The molecule has 0 atom stereocenters. The third-order valence-electron chi connectivity index (χ3n) is 3.82. The van der Waals surface area contributed by atoms with Gasteiger partial charge in [-0.15, -0.1) is 0 Å². The maximum atomic E-state index is 12.4. The SMILES string of the molecule is Cc1cnccc1N/C=C\C(=N)NC(=O)C(C)(C)c1ccccc1. The lowest BCUT2D eigenvalue weighted by Gasteiger charge is -2.23. The van der Waals surface area contributed by atoms with Crippen LogP contribution in [0.25, 0.3) is 0 Å². The van der Waals surface area contributed by atoms with Crippen LogP contribution in [0.4, 0.5) is 5.69 Å². The first-order valence-corrected chi connectivity index (χ1v) is 7.70. The van der Waals surface area contributed by atoms with Crippen molar-refractivity contribution in [3.05, 3.63) is 72.2 Å². The largest absolute Gasteiger partial charge is 0.361 e. The molecular weight excluding hydrogens is 300 g/mol. The fourth-order valence-corrected chi connectivity index (χ4v) is 2.16. The van der Waals surface area contributed by atoms with Gasteiger partial charge in [-0.1, -0.05) is 30.3 Å². The average molecular weight is 322 g/mol. The van der Waals surface area contributed by atoms with E-state index in [4.69, 9.17) is 5.41 Å². The van der Waals surface area contributed by atoms with Crippen LogP contribution in [0.1, 0.15) is 25.0 Å². The summed E-state index contributed by atoms with van der Waals surface area (Å²) in [7, 11) is 0. The summed E-state index contributed by atoms with van der Waals surface area (Å²) in [6.45, 7) is 5.62. The smallest absolute Gasteiger partial charge is 0.235 e. The van der Waals surface area contributed by atoms with Crippen LogP contribution in [0.2, 0.25) is 0 Å². The Labute approximate surface area is 142 Å². The number of carbonyl (C=O) groups is 1. The number of rotatable bonds is 5. The predicted octanol–water partition coefficient (Wildman–Crippen LogP) is 3.39. The van der Waals surface area contributed by atoms with Gasteiger partial charge < -0.3 is 10.6 Å².